The van der Waals surface area contributed by atoms with Crippen LogP contribution in [0.1, 0.15) is 27.2 Å². The molecule has 1 fully saturated rings. The minimum atomic E-state index is -4.80. The van der Waals surface area contributed by atoms with Gasteiger partial charge in [0.15, 0.2) is 22.7 Å². The molecule has 10 nitrogen and oxygen atoms in total. The maximum Gasteiger partial charge on any atom is 0.404 e. The molecule has 3 N–H and O–H groups in total. The molecule has 180 valence electrons. The van der Waals surface area contributed by atoms with Gasteiger partial charge < -0.3 is 20.3 Å². The Morgan fingerprint density at radius 1 is 1.31 bits per heavy atom. The summed E-state index contributed by atoms with van der Waals surface area (Å²) in [5, 5.41) is 15.9. The molecule has 0 aliphatic carbocycles. The second-order valence-corrected chi connectivity index (χ2v) is 10.1. The molecule has 3 heterocycles. The lowest BCUT2D eigenvalue weighted by atomic mass is 10.1. The summed E-state index contributed by atoms with van der Waals surface area (Å²) >= 11 is 0. The zero-order valence-corrected chi connectivity index (χ0v) is 18.9. The Kier molecular flexibility index (Phi) is 7.15. The van der Waals surface area contributed by atoms with Crippen molar-refractivity contribution in [3.8, 4) is 0 Å². The van der Waals surface area contributed by atoms with E-state index in [1.807, 2.05) is 25.3 Å². The van der Waals surface area contributed by atoms with Crippen LogP contribution in [0, 0.1) is 5.92 Å². The van der Waals surface area contributed by atoms with Crippen molar-refractivity contribution in [1.29, 1.82) is 0 Å². The number of aromatic nitrogens is 4. The molecule has 2 aromatic rings. The monoisotopic (exact) mass is 479 g/mol. The van der Waals surface area contributed by atoms with E-state index in [4.69, 9.17) is 0 Å². The number of fused-ring (bicyclic) bond motifs is 1. The van der Waals surface area contributed by atoms with E-state index in [1.165, 1.54) is 0 Å². The second kappa shape index (κ2) is 9.35. The van der Waals surface area contributed by atoms with Crippen molar-refractivity contribution in [2.45, 2.75) is 52.0 Å². The fourth-order valence-corrected chi connectivity index (χ4v) is 4.91. The molecule has 0 unspecified atom stereocenters. The second-order valence-electron chi connectivity index (χ2n) is 8.14. The van der Waals surface area contributed by atoms with Gasteiger partial charge in [-0.2, -0.15) is 27.4 Å². The molecular weight excluding hydrogens is 451 g/mol. The van der Waals surface area contributed by atoms with Gasteiger partial charge >= 0.3 is 6.18 Å². The highest BCUT2D eigenvalue weighted by Gasteiger charge is 2.41. The lowest BCUT2D eigenvalue weighted by Gasteiger charge is -2.21. The summed E-state index contributed by atoms with van der Waals surface area (Å²) in [5.74, 6) is -1.15. The quantitative estimate of drug-likeness (QED) is 0.496. The van der Waals surface area contributed by atoms with Gasteiger partial charge in [-0.3, -0.25) is 0 Å². The van der Waals surface area contributed by atoms with Gasteiger partial charge in [0.1, 0.15) is 0 Å². The van der Waals surface area contributed by atoms with Gasteiger partial charge in [0, 0.05) is 25.7 Å². The molecule has 32 heavy (non-hydrogen) atoms. The molecule has 0 saturated carbocycles. The summed E-state index contributed by atoms with van der Waals surface area (Å²) in [7, 11) is -4.45. The summed E-state index contributed by atoms with van der Waals surface area (Å²) in [6.45, 7) is 6.17. The first kappa shape index (κ1) is 24.5. The van der Waals surface area contributed by atoms with Gasteiger partial charge in [-0.25, -0.2) is 13.4 Å². The smallest absolute Gasteiger partial charge is 0.394 e. The van der Waals surface area contributed by atoms with Crippen LogP contribution in [-0.2, 0) is 16.6 Å². The molecule has 0 radical (unpaired) electrons. The molecule has 0 aromatic carbocycles. The number of alkyl halides is 3. The minimum Gasteiger partial charge on any atom is -0.394 e. The Hall–Kier alpha value is -2.19. The molecule has 1 aliphatic heterocycles. The Morgan fingerprint density at radius 3 is 2.62 bits per heavy atom. The number of aliphatic hydroxyl groups excluding tert-OH is 1. The van der Waals surface area contributed by atoms with Gasteiger partial charge in [0.2, 0.25) is 16.0 Å². The van der Waals surface area contributed by atoms with E-state index in [0.717, 1.165) is 4.31 Å². The zero-order valence-electron chi connectivity index (χ0n) is 18.1. The molecule has 1 aliphatic rings. The Balaban J connectivity index is 1.84. The first-order valence-corrected chi connectivity index (χ1v) is 12.0. The van der Waals surface area contributed by atoms with Crippen molar-refractivity contribution in [2.75, 3.05) is 36.1 Å². The van der Waals surface area contributed by atoms with Crippen LogP contribution < -0.4 is 10.6 Å². The molecular formula is C18H28F3N7O3S. The van der Waals surface area contributed by atoms with Crippen molar-refractivity contribution < 1.29 is 26.7 Å². The van der Waals surface area contributed by atoms with Gasteiger partial charge in [0.05, 0.1) is 19.0 Å². The largest absolute Gasteiger partial charge is 0.404 e. The lowest BCUT2D eigenvalue weighted by Crippen LogP contribution is -2.37. The molecule has 0 amide bonds. The van der Waals surface area contributed by atoms with E-state index in [-0.39, 0.29) is 37.6 Å². The van der Waals surface area contributed by atoms with Crippen molar-refractivity contribution in [2.24, 2.45) is 5.92 Å². The maximum absolute atomic E-state index is 12.6. The number of hydrogen-bond acceptors (Lipinski definition) is 8. The van der Waals surface area contributed by atoms with Crippen LogP contribution >= 0.6 is 0 Å². The van der Waals surface area contributed by atoms with Crippen LogP contribution in [0.3, 0.4) is 0 Å². The number of rotatable bonds is 9. The van der Waals surface area contributed by atoms with Crippen molar-refractivity contribution >= 4 is 33.0 Å². The fourth-order valence-electron chi connectivity index (χ4n) is 3.52. The number of hydrogen-bond donors (Lipinski definition) is 3. The summed E-state index contributed by atoms with van der Waals surface area (Å²) in [6, 6.07) is -0.720. The minimum absolute atomic E-state index is 0.0151. The summed E-state index contributed by atoms with van der Waals surface area (Å²) in [5.41, 5.74) is 1.02. The number of nitrogens with one attached hydrogen (secondary N) is 2. The average molecular weight is 480 g/mol. The third kappa shape index (κ3) is 5.59. The molecule has 3 rings (SSSR count). The van der Waals surface area contributed by atoms with E-state index >= 15 is 0 Å². The predicted octanol–water partition coefficient (Wildman–Crippen LogP) is 1.65. The van der Waals surface area contributed by atoms with Gasteiger partial charge in [-0.1, -0.05) is 13.8 Å². The molecule has 1 saturated heterocycles. The Bertz CT molecular complexity index is 1040. The van der Waals surface area contributed by atoms with Crippen molar-refractivity contribution in [1.82, 2.24) is 23.8 Å². The number of anilines is 2. The third-order valence-corrected chi connectivity index (χ3v) is 7.16. The Morgan fingerprint density at radius 2 is 2.03 bits per heavy atom. The van der Waals surface area contributed by atoms with E-state index in [0.29, 0.717) is 29.9 Å². The number of halogens is 3. The summed E-state index contributed by atoms with van der Waals surface area (Å²) in [4.78, 5) is 13.3. The van der Waals surface area contributed by atoms with Gasteiger partial charge in [0.25, 0.3) is 0 Å². The van der Waals surface area contributed by atoms with Crippen LogP contribution in [0.4, 0.5) is 24.9 Å². The number of nitrogens with zero attached hydrogens (tertiary/aromatic N) is 5. The van der Waals surface area contributed by atoms with E-state index in [1.54, 1.807) is 6.33 Å². The first-order valence-electron chi connectivity index (χ1n) is 10.3. The average Bonchev–Trinajstić information content (AvgIpc) is 3.31. The van der Waals surface area contributed by atoms with E-state index in [2.05, 4.69) is 25.6 Å². The van der Waals surface area contributed by atoms with Crippen LogP contribution in [0.15, 0.2) is 6.33 Å². The Labute approximate surface area is 184 Å². The number of aliphatic hydroxyl groups is 1. The molecule has 2 aromatic heterocycles. The highest BCUT2D eigenvalue weighted by molar-refractivity contribution is 7.89. The molecule has 2 atom stereocenters. The third-order valence-electron chi connectivity index (χ3n) is 5.35. The van der Waals surface area contributed by atoms with E-state index < -0.39 is 28.0 Å². The maximum atomic E-state index is 12.6. The first-order chi connectivity index (χ1) is 14.9. The number of sulfonamides is 1. The van der Waals surface area contributed by atoms with E-state index in [9.17, 15) is 26.7 Å². The number of aryl methyl sites for hydroxylation is 1. The van der Waals surface area contributed by atoms with Crippen molar-refractivity contribution in [3.63, 3.8) is 0 Å². The topological polar surface area (TPSA) is 125 Å². The summed E-state index contributed by atoms with van der Waals surface area (Å²) < 4.78 is 64.7. The standard InChI is InChI=1S/C18H28F3N7O3S/c1-4-27-10-22-14-15(25-17(26-16(14)27)24-13(8-29)11(2)3)23-12-5-6-28(7-12)32(30,31)9-18(19,20)21/h10-13,29H,4-9H2,1-3H3,(H2,23,24,25,26)/t12-,13-/m0/s1. The molecule has 0 bridgehead atoms. The van der Waals surface area contributed by atoms with Crippen molar-refractivity contribution in [3.05, 3.63) is 6.33 Å². The highest BCUT2D eigenvalue weighted by Crippen LogP contribution is 2.27. The van der Waals surface area contributed by atoms with Gasteiger partial charge in [-0.05, 0) is 19.3 Å². The van der Waals surface area contributed by atoms with Crippen LogP contribution in [-0.4, -0.2) is 81.1 Å². The molecule has 14 heteroatoms. The highest BCUT2D eigenvalue weighted by atomic mass is 32.2. The predicted molar refractivity (Wildman–Crippen MR) is 114 cm³/mol. The summed E-state index contributed by atoms with van der Waals surface area (Å²) in [6.07, 6.45) is -2.86. The van der Waals surface area contributed by atoms with Crippen LogP contribution in [0.2, 0.25) is 0 Å². The molecule has 0 spiro atoms. The normalized spacial score (nSPS) is 19.1. The fraction of sp³-hybridized carbons (Fsp3) is 0.722. The van der Waals surface area contributed by atoms with Gasteiger partial charge in [-0.15, -0.1) is 0 Å². The number of imidazole rings is 1. The van der Waals surface area contributed by atoms with Crippen LogP contribution in [0.25, 0.3) is 11.2 Å². The van der Waals surface area contributed by atoms with Crippen LogP contribution in [0.5, 0.6) is 0 Å². The SMILES string of the molecule is CCn1cnc2c(N[C@H]3CCN(S(=O)(=O)CC(F)(F)F)C3)nc(N[C@@H](CO)C(C)C)nc21. The zero-order chi connectivity index (χ0) is 23.7. The lowest BCUT2D eigenvalue weighted by molar-refractivity contribution is -0.107.